The number of carbonyl (C=O) groups is 1. The van der Waals surface area contributed by atoms with Crippen molar-refractivity contribution in [1.29, 1.82) is 0 Å². The normalized spacial score (nSPS) is 26.3. The highest BCUT2D eigenvalue weighted by molar-refractivity contribution is 5.88. The maximum absolute atomic E-state index is 13.0. The summed E-state index contributed by atoms with van der Waals surface area (Å²) in [7, 11) is 4.18. The van der Waals surface area contributed by atoms with Crippen LogP contribution in [0.3, 0.4) is 0 Å². The number of para-hydroxylation sites is 1. The van der Waals surface area contributed by atoms with E-state index in [1.54, 1.807) is 0 Å². The number of nitrogens with one attached hydrogen (secondary N) is 3. The molecule has 0 saturated carbocycles. The zero-order valence-electron chi connectivity index (χ0n) is 16.6. The Kier molecular flexibility index (Phi) is 6.20. The molecule has 2 heterocycles. The quantitative estimate of drug-likeness (QED) is 0.729. The Morgan fingerprint density at radius 2 is 2.19 bits per heavy atom. The molecule has 4 atom stereocenters. The van der Waals surface area contributed by atoms with Gasteiger partial charge in [0, 0.05) is 24.2 Å². The third-order valence-corrected chi connectivity index (χ3v) is 5.90. The number of fused-ring (bicyclic) bond motifs is 1. The fourth-order valence-corrected chi connectivity index (χ4v) is 4.34. The van der Waals surface area contributed by atoms with E-state index in [0.717, 1.165) is 31.6 Å². The molecule has 144 valence electrons. The number of nitrogens with zero attached hydrogens (tertiary/aromatic N) is 1. The van der Waals surface area contributed by atoms with Crippen molar-refractivity contribution in [2.75, 3.05) is 32.5 Å². The molecular formula is C21H34N4O. The van der Waals surface area contributed by atoms with Gasteiger partial charge in [-0.05, 0) is 70.4 Å². The molecule has 1 aromatic rings. The van der Waals surface area contributed by atoms with Gasteiger partial charge in [-0.2, -0.15) is 0 Å². The number of benzene rings is 1. The first-order valence-electron chi connectivity index (χ1n) is 9.99. The van der Waals surface area contributed by atoms with Crippen LogP contribution >= 0.6 is 0 Å². The maximum atomic E-state index is 13.0. The van der Waals surface area contributed by atoms with Crippen molar-refractivity contribution in [2.45, 2.75) is 57.7 Å². The predicted octanol–water partition coefficient (Wildman–Crippen LogP) is 2.16. The van der Waals surface area contributed by atoms with Gasteiger partial charge in [0.15, 0.2) is 0 Å². The second kappa shape index (κ2) is 8.40. The standard InChI is InChI=1S/C21H34N4O/c1-14-7-5-9-16-13-18(23-19(14)16)21(26)24-17(10-12-25(3)4)20-15(2)8-6-11-22-20/h5,7,9,15,17-18,20,22-23H,6,8,10-13H2,1-4H3,(H,24,26). The van der Waals surface area contributed by atoms with E-state index in [2.05, 4.69) is 67.0 Å². The molecule has 1 fully saturated rings. The molecule has 0 aromatic heterocycles. The van der Waals surface area contributed by atoms with E-state index in [1.165, 1.54) is 24.0 Å². The number of carbonyl (C=O) groups excluding carboxylic acids is 1. The number of rotatable bonds is 6. The summed E-state index contributed by atoms with van der Waals surface area (Å²) in [6.45, 7) is 6.43. The molecule has 1 amide bonds. The third kappa shape index (κ3) is 4.38. The molecule has 26 heavy (non-hydrogen) atoms. The van der Waals surface area contributed by atoms with Gasteiger partial charge in [0.05, 0.1) is 0 Å². The minimum atomic E-state index is -0.160. The first-order valence-corrected chi connectivity index (χ1v) is 9.99. The summed E-state index contributed by atoms with van der Waals surface area (Å²) in [4.78, 5) is 15.2. The van der Waals surface area contributed by atoms with Gasteiger partial charge in [0.25, 0.3) is 0 Å². The van der Waals surface area contributed by atoms with Gasteiger partial charge in [-0.15, -0.1) is 0 Å². The van der Waals surface area contributed by atoms with Crippen LogP contribution < -0.4 is 16.0 Å². The van der Waals surface area contributed by atoms with Crippen LogP contribution in [0.25, 0.3) is 0 Å². The molecular weight excluding hydrogens is 324 g/mol. The van der Waals surface area contributed by atoms with E-state index < -0.39 is 0 Å². The molecule has 1 saturated heterocycles. The lowest BCUT2D eigenvalue weighted by Gasteiger charge is -2.37. The second-order valence-electron chi connectivity index (χ2n) is 8.32. The molecule has 3 rings (SSSR count). The van der Waals surface area contributed by atoms with Gasteiger partial charge in [0.2, 0.25) is 5.91 Å². The summed E-state index contributed by atoms with van der Waals surface area (Å²) in [5, 5.41) is 10.5. The first kappa shape index (κ1) is 19.2. The Hall–Kier alpha value is -1.59. The van der Waals surface area contributed by atoms with Crippen molar-refractivity contribution in [2.24, 2.45) is 5.92 Å². The number of anilines is 1. The average Bonchev–Trinajstić information content (AvgIpc) is 3.05. The van der Waals surface area contributed by atoms with E-state index in [1.807, 2.05) is 0 Å². The summed E-state index contributed by atoms with van der Waals surface area (Å²) in [6.07, 6.45) is 4.21. The summed E-state index contributed by atoms with van der Waals surface area (Å²) in [5.41, 5.74) is 3.60. The molecule has 0 spiro atoms. The van der Waals surface area contributed by atoms with Crippen LogP contribution in [0.1, 0.15) is 37.3 Å². The average molecular weight is 359 g/mol. The Labute approximate surface area is 157 Å². The maximum Gasteiger partial charge on any atom is 0.243 e. The third-order valence-electron chi connectivity index (χ3n) is 5.90. The van der Waals surface area contributed by atoms with Crippen molar-refractivity contribution < 1.29 is 4.79 Å². The molecule has 3 N–H and O–H groups in total. The highest BCUT2D eigenvalue weighted by atomic mass is 16.2. The van der Waals surface area contributed by atoms with Crippen LogP contribution in [0, 0.1) is 12.8 Å². The van der Waals surface area contributed by atoms with Crippen LogP contribution in [0.4, 0.5) is 5.69 Å². The lowest BCUT2D eigenvalue weighted by molar-refractivity contribution is -0.122. The van der Waals surface area contributed by atoms with Crippen molar-refractivity contribution in [1.82, 2.24) is 15.5 Å². The number of aryl methyl sites for hydroxylation is 1. The van der Waals surface area contributed by atoms with Gasteiger partial charge < -0.3 is 20.9 Å². The number of piperidine rings is 1. The number of amides is 1. The summed E-state index contributed by atoms with van der Waals surface area (Å²) < 4.78 is 0. The number of hydrogen-bond acceptors (Lipinski definition) is 4. The van der Waals surface area contributed by atoms with E-state index >= 15 is 0 Å². The fraction of sp³-hybridized carbons (Fsp3) is 0.667. The van der Waals surface area contributed by atoms with Crippen LogP contribution in [0.5, 0.6) is 0 Å². The topological polar surface area (TPSA) is 56.4 Å². The van der Waals surface area contributed by atoms with Crippen LogP contribution in [0.15, 0.2) is 18.2 Å². The monoisotopic (exact) mass is 358 g/mol. The van der Waals surface area contributed by atoms with Crippen molar-refractivity contribution >= 4 is 11.6 Å². The highest BCUT2D eigenvalue weighted by Gasteiger charge is 2.33. The Balaban J connectivity index is 1.66. The molecule has 1 aromatic carbocycles. The lowest BCUT2D eigenvalue weighted by Crippen LogP contribution is -2.57. The fourth-order valence-electron chi connectivity index (χ4n) is 4.34. The predicted molar refractivity (Wildman–Crippen MR) is 108 cm³/mol. The Morgan fingerprint density at radius 3 is 2.88 bits per heavy atom. The Bertz CT molecular complexity index is 630. The second-order valence-corrected chi connectivity index (χ2v) is 8.32. The molecule has 0 bridgehead atoms. The van der Waals surface area contributed by atoms with Crippen LogP contribution in [-0.2, 0) is 11.2 Å². The molecule has 0 aliphatic carbocycles. The largest absolute Gasteiger partial charge is 0.373 e. The first-order chi connectivity index (χ1) is 12.5. The smallest absolute Gasteiger partial charge is 0.243 e. The van der Waals surface area contributed by atoms with Gasteiger partial charge >= 0.3 is 0 Å². The van der Waals surface area contributed by atoms with Gasteiger partial charge in [-0.25, -0.2) is 0 Å². The number of hydrogen-bond donors (Lipinski definition) is 3. The Morgan fingerprint density at radius 1 is 1.38 bits per heavy atom. The van der Waals surface area contributed by atoms with Crippen LogP contribution in [-0.4, -0.2) is 56.1 Å². The summed E-state index contributed by atoms with van der Waals surface area (Å²) in [5.74, 6) is 0.719. The van der Waals surface area contributed by atoms with Crippen molar-refractivity contribution in [3.8, 4) is 0 Å². The zero-order valence-corrected chi connectivity index (χ0v) is 16.6. The van der Waals surface area contributed by atoms with E-state index in [9.17, 15) is 4.79 Å². The van der Waals surface area contributed by atoms with Crippen molar-refractivity contribution in [3.05, 3.63) is 29.3 Å². The highest BCUT2D eigenvalue weighted by Crippen LogP contribution is 2.29. The molecule has 2 aliphatic heterocycles. The molecule has 2 aliphatic rings. The van der Waals surface area contributed by atoms with E-state index in [-0.39, 0.29) is 18.0 Å². The van der Waals surface area contributed by atoms with Gasteiger partial charge in [0.1, 0.15) is 6.04 Å². The van der Waals surface area contributed by atoms with Gasteiger partial charge in [-0.3, -0.25) is 4.79 Å². The molecule has 5 nitrogen and oxygen atoms in total. The van der Waals surface area contributed by atoms with Crippen molar-refractivity contribution in [3.63, 3.8) is 0 Å². The minimum absolute atomic E-state index is 0.129. The van der Waals surface area contributed by atoms with E-state index in [0.29, 0.717) is 12.0 Å². The lowest BCUT2D eigenvalue weighted by atomic mass is 9.86. The summed E-state index contributed by atoms with van der Waals surface area (Å²) >= 11 is 0. The SMILES string of the molecule is Cc1cccc2c1NC(C(=O)NC(CCN(C)C)C1NCCCC1C)C2. The molecule has 5 heteroatoms. The molecule has 0 radical (unpaired) electrons. The summed E-state index contributed by atoms with van der Waals surface area (Å²) in [6, 6.07) is 6.66. The molecule has 4 unspecified atom stereocenters. The minimum Gasteiger partial charge on any atom is -0.373 e. The van der Waals surface area contributed by atoms with Gasteiger partial charge in [-0.1, -0.05) is 25.1 Å². The van der Waals surface area contributed by atoms with E-state index in [4.69, 9.17) is 0 Å². The van der Waals surface area contributed by atoms with Crippen LogP contribution in [0.2, 0.25) is 0 Å². The zero-order chi connectivity index (χ0) is 18.7.